The second-order valence-electron chi connectivity index (χ2n) is 7.02. The second kappa shape index (κ2) is 19.8. The number of rotatable bonds is 15. The first-order valence-electron chi connectivity index (χ1n) is 9.67. The van der Waals surface area contributed by atoms with E-state index in [9.17, 15) is 4.79 Å². The number of carbonyl (C=O) groups is 1. The normalized spacial score (nSPS) is 10.3. The lowest BCUT2D eigenvalue weighted by molar-refractivity contribution is -0.137. The van der Waals surface area contributed by atoms with Gasteiger partial charge in [0, 0.05) is 6.42 Å². The van der Waals surface area contributed by atoms with Crippen LogP contribution in [0, 0.1) is 11.3 Å². The average molecular weight is 344 g/mol. The number of nitrogens with one attached hydrogen (secondary N) is 1. The number of carboxylic acids is 1. The zero-order valence-corrected chi connectivity index (χ0v) is 16.0. The van der Waals surface area contributed by atoms with Gasteiger partial charge >= 0.3 is 5.97 Å². The van der Waals surface area contributed by atoms with E-state index in [-0.39, 0.29) is 5.96 Å². The van der Waals surface area contributed by atoms with Crippen LogP contribution in [0.25, 0.3) is 0 Å². The standard InChI is InChI=1S/C18H36O2.CH5N3/c1-17(2)15-13-11-9-7-5-3-4-6-8-10-12-14-16-18(19)20;2-1(3)4/h17H,3-16H2,1-2H3,(H,19,20);(H5,2,3,4). The maximum atomic E-state index is 10.3. The van der Waals surface area contributed by atoms with Crippen molar-refractivity contribution in [1.29, 1.82) is 5.41 Å². The maximum Gasteiger partial charge on any atom is 0.303 e. The first-order valence-corrected chi connectivity index (χ1v) is 9.67. The molecule has 0 aromatic carbocycles. The Kier molecular flexibility index (Phi) is 20.6. The summed E-state index contributed by atoms with van der Waals surface area (Å²) in [6.45, 7) is 4.61. The number of nitrogens with two attached hydrogens (primary N) is 2. The van der Waals surface area contributed by atoms with Crippen LogP contribution in [-0.2, 0) is 4.79 Å². The summed E-state index contributed by atoms with van der Waals surface area (Å²) in [6.07, 6.45) is 17.3. The minimum Gasteiger partial charge on any atom is -0.481 e. The van der Waals surface area contributed by atoms with Gasteiger partial charge in [-0.05, 0) is 12.3 Å². The summed E-state index contributed by atoms with van der Waals surface area (Å²) in [5.74, 6) is -0.121. The molecule has 0 aliphatic rings. The molecule has 0 aliphatic heterocycles. The smallest absolute Gasteiger partial charge is 0.303 e. The quantitative estimate of drug-likeness (QED) is 0.190. The van der Waals surface area contributed by atoms with Gasteiger partial charge in [-0.3, -0.25) is 10.2 Å². The predicted molar refractivity (Wildman–Crippen MR) is 103 cm³/mol. The number of hydrogen-bond acceptors (Lipinski definition) is 2. The number of guanidine groups is 1. The van der Waals surface area contributed by atoms with Crippen LogP contribution in [0.4, 0.5) is 0 Å². The molecule has 0 aromatic rings. The van der Waals surface area contributed by atoms with Gasteiger partial charge in [-0.15, -0.1) is 0 Å². The molecule has 5 heteroatoms. The minimum atomic E-state index is -0.654. The van der Waals surface area contributed by atoms with Crippen LogP contribution in [-0.4, -0.2) is 17.0 Å². The van der Waals surface area contributed by atoms with Gasteiger partial charge in [-0.25, -0.2) is 0 Å². The molecule has 0 spiro atoms. The average Bonchev–Trinajstić information content (AvgIpc) is 2.46. The van der Waals surface area contributed by atoms with Gasteiger partial charge in [0.15, 0.2) is 5.96 Å². The van der Waals surface area contributed by atoms with Crippen molar-refractivity contribution < 1.29 is 9.90 Å². The molecule has 0 aromatic heterocycles. The van der Waals surface area contributed by atoms with E-state index in [0.717, 1.165) is 18.8 Å². The third-order valence-corrected chi connectivity index (χ3v) is 3.92. The molecule has 5 nitrogen and oxygen atoms in total. The van der Waals surface area contributed by atoms with E-state index in [1.807, 2.05) is 0 Å². The molecule has 144 valence electrons. The maximum absolute atomic E-state index is 10.3. The summed E-state index contributed by atoms with van der Waals surface area (Å²) >= 11 is 0. The number of hydrogen-bond donors (Lipinski definition) is 4. The predicted octanol–water partition coefficient (Wildman–Crippen LogP) is 5.03. The fourth-order valence-corrected chi connectivity index (χ4v) is 2.60. The summed E-state index contributed by atoms with van der Waals surface area (Å²) in [5, 5.41) is 14.6. The molecule has 0 amide bonds. The number of carboxylic acid groups (broad SMARTS) is 1. The van der Waals surface area contributed by atoms with Gasteiger partial charge < -0.3 is 16.6 Å². The summed E-state index contributed by atoms with van der Waals surface area (Å²) in [4.78, 5) is 10.3. The van der Waals surface area contributed by atoms with Crippen molar-refractivity contribution in [3.8, 4) is 0 Å². The molecule has 0 heterocycles. The van der Waals surface area contributed by atoms with E-state index in [2.05, 4.69) is 25.3 Å². The molecule has 0 rings (SSSR count). The highest BCUT2D eigenvalue weighted by molar-refractivity contribution is 5.71. The molecule has 0 saturated heterocycles. The number of unbranched alkanes of at least 4 members (excludes halogenated alkanes) is 11. The summed E-state index contributed by atoms with van der Waals surface area (Å²) in [7, 11) is 0. The summed E-state index contributed by atoms with van der Waals surface area (Å²) in [6, 6.07) is 0. The molecule has 24 heavy (non-hydrogen) atoms. The molecule has 0 radical (unpaired) electrons. The van der Waals surface area contributed by atoms with E-state index in [4.69, 9.17) is 10.5 Å². The van der Waals surface area contributed by atoms with Gasteiger partial charge in [0.1, 0.15) is 0 Å². The second-order valence-corrected chi connectivity index (χ2v) is 7.02. The molecule has 0 aliphatic carbocycles. The number of aliphatic carboxylic acids is 1. The van der Waals surface area contributed by atoms with Gasteiger partial charge in [0.05, 0.1) is 0 Å². The minimum absolute atomic E-state index is 0.333. The highest BCUT2D eigenvalue weighted by Gasteiger charge is 1.97. The molecule has 0 unspecified atom stereocenters. The SMILES string of the molecule is CC(C)CCCCCCCCCCCCCCC(=O)O.N=C(N)N. The fraction of sp³-hybridized carbons (Fsp3) is 0.895. The van der Waals surface area contributed by atoms with Gasteiger partial charge in [0.2, 0.25) is 0 Å². The third kappa shape index (κ3) is 32.6. The fourth-order valence-electron chi connectivity index (χ4n) is 2.60. The lowest BCUT2D eigenvalue weighted by Gasteiger charge is -2.04. The van der Waals surface area contributed by atoms with Crippen molar-refractivity contribution in [2.45, 2.75) is 104 Å². The highest BCUT2D eigenvalue weighted by atomic mass is 16.4. The lowest BCUT2D eigenvalue weighted by Crippen LogP contribution is -2.20. The van der Waals surface area contributed by atoms with Crippen LogP contribution in [0.5, 0.6) is 0 Å². The molecular weight excluding hydrogens is 302 g/mol. The molecule has 6 N–H and O–H groups in total. The topological polar surface area (TPSA) is 113 Å². The molecule has 0 bridgehead atoms. The van der Waals surface area contributed by atoms with Crippen molar-refractivity contribution >= 4 is 11.9 Å². The Labute approximate surface area is 149 Å². The van der Waals surface area contributed by atoms with Crippen LogP contribution < -0.4 is 11.5 Å². The van der Waals surface area contributed by atoms with Crippen molar-refractivity contribution in [3.05, 3.63) is 0 Å². The Balaban J connectivity index is 0. The molecule has 0 fully saturated rings. The van der Waals surface area contributed by atoms with Crippen LogP contribution >= 0.6 is 0 Å². The van der Waals surface area contributed by atoms with E-state index >= 15 is 0 Å². The lowest BCUT2D eigenvalue weighted by atomic mass is 10.0. The van der Waals surface area contributed by atoms with Crippen LogP contribution in [0.2, 0.25) is 0 Å². The monoisotopic (exact) mass is 343 g/mol. The largest absolute Gasteiger partial charge is 0.481 e. The van der Waals surface area contributed by atoms with Crippen LogP contribution in [0.15, 0.2) is 0 Å². The third-order valence-electron chi connectivity index (χ3n) is 3.92. The zero-order chi connectivity index (χ0) is 18.6. The Morgan fingerprint density at radius 1 is 0.792 bits per heavy atom. The van der Waals surface area contributed by atoms with Crippen molar-refractivity contribution in [2.24, 2.45) is 17.4 Å². The Morgan fingerprint density at radius 3 is 1.38 bits per heavy atom. The summed E-state index contributed by atoms with van der Waals surface area (Å²) in [5.41, 5.74) is 8.94. The van der Waals surface area contributed by atoms with Crippen LogP contribution in [0.1, 0.15) is 104 Å². The first-order chi connectivity index (χ1) is 11.4. The van der Waals surface area contributed by atoms with Crippen LogP contribution in [0.3, 0.4) is 0 Å². The Bertz CT molecular complexity index is 290. The van der Waals surface area contributed by atoms with Gasteiger partial charge in [-0.1, -0.05) is 90.9 Å². The Morgan fingerprint density at radius 2 is 1.08 bits per heavy atom. The van der Waals surface area contributed by atoms with Gasteiger partial charge in [0.25, 0.3) is 0 Å². The highest BCUT2D eigenvalue weighted by Crippen LogP contribution is 2.14. The molecule has 0 atom stereocenters. The molecule has 0 saturated carbocycles. The zero-order valence-electron chi connectivity index (χ0n) is 16.0. The van der Waals surface area contributed by atoms with E-state index in [0.29, 0.717) is 6.42 Å². The first kappa shape index (κ1) is 25.0. The van der Waals surface area contributed by atoms with Crippen molar-refractivity contribution in [3.63, 3.8) is 0 Å². The van der Waals surface area contributed by atoms with Crippen molar-refractivity contribution in [1.82, 2.24) is 0 Å². The van der Waals surface area contributed by atoms with Gasteiger partial charge in [-0.2, -0.15) is 0 Å². The van der Waals surface area contributed by atoms with E-state index < -0.39 is 5.97 Å². The van der Waals surface area contributed by atoms with E-state index in [1.54, 1.807) is 0 Å². The Hall–Kier alpha value is -1.26. The molecular formula is C19H41N3O2. The summed E-state index contributed by atoms with van der Waals surface area (Å²) < 4.78 is 0. The van der Waals surface area contributed by atoms with E-state index in [1.165, 1.54) is 70.6 Å². The van der Waals surface area contributed by atoms with Crippen molar-refractivity contribution in [2.75, 3.05) is 0 Å².